The van der Waals surface area contributed by atoms with E-state index in [1.807, 2.05) is 19.1 Å². The Morgan fingerprint density at radius 2 is 1.64 bits per heavy atom. The van der Waals surface area contributed by atoms with Crippen molar-refractivity contribution >= 4 is 34.6 Å². The van der Waals surface area contributed by atoms with Crippen molar-refractivity contribution in [2.75, 3.05) is 5.32 Å². The molecule has 0 saturated carbocycles. The van der Waals surface area contributed by atoms with E-state index in [9.17, 15) is 29.8 Å². The first-order chi connectivity index (χ1) is 17.2. The van der Waals surface area contributed by atoms with Crippen molar-refractivity contribution in [3.05, 3.63) is 98.1 Å². The Morgan fingerprint density at radius 3 is 2.28 bits per heavy atom. The minimum atomic E-state index is -0.939. The quantitative estimate of drug-likeness (QED) is 0.205. The number of hydrogen-bond donors (Lipinski definition) is 2. The van der Waals surface area contributed by atoms with Gasteiger partial charge in [-0.25, -0.2) is 5.43 Å². The third kappa shape index (κ3) is 6.26. The van der Waals surface area contributed by atoms with Crippen LogP contribution in [0, 0.1) is 20.2 Å². The topological polar surface area (TPSA) is 166 Å². The lowest BCUT2D eigenvalue weighted by molar-refractivity contribution is -0.394. The Bertz CT molecular complexity index is 1350. The zero-order chi connectivity index (χ0) is 26.2. The van der Waals surface area contributed by atoms with Crippen molar-refractivity contribution in [3.63, 3.8) is 0 Å². The van der Waals surface area contributed by atoms with E-state index in [2.05, 4.69) is 15.8 Å². The molecule has 0 unspecified atom stereocenters. The van der Waals surface area contributed by atoms with Crippen LogP contribution in [-0.2, 0) is 16.0 Å². The summed E-state index contributed by atoms with van der Waals surface area (Å²) in [5.74, 6) is -1.72. The number of nitrogens with one attached hydrogen (secondary N) is 2. The van der Waals surface area contributed by atoms with Gasteiger partial charge in [-0.15, -0.1) is 0 Å². The number of hydrazone groups is 1. The molecule has 0 fully saturated rings. The third-order valence-electron chi connectivity index (χ3n) is 5.03. The van der Waals surface area contributed by atoms with E-state index in [-0.39, 0.29) is 11.5 Å². The second kappa shape index (κ2) is 11.3. The second-order valence-electron chi connectivity index (χ2n) is 7.40. The SMILES string of the molecule is CCc1ccccc1NC(=O)C(=O)N/N=C(\C)c1ccc(Oc2ccc([N+](=O)[O-])cc2[N+](=O)[O-])cc1. The van der Waals surface area contributed by atoms with Crippen molar-refractivity contribution in [2.24, 2.45) is 5.10 Å². The van der Waals surface area contributed by atoms with Gasteiger partial charge < -0.3 is 10.1 Å². The molecular weight excluding hydrogens is 470 g/mol. The predicted molar refractivity (Wildman–Crippen MR) is 131 cm³/mol. The highest BCUT2D eigenvalue weighted by molar-refractivity contribution is 6.39. The standard InChI is InChI=1S/C24H21N5O7/c1-3-16-6-4-5-7-20(16)25-23(30)24(31)27-26-15(2)17-8-11-19(12-9-17)36-22-13-10-18(28(32)33)14-21(22)29(34)35/h4-14H,3H2,1-2H3,(H,25,30)(H,27,31)/b26-15+. The van der Waals surface area contributed by atoms with E-state index >= 15 is 0 Å². The average Bonchev–Trinajstić information content (AvgIpc) is 2.87. The highest BCUT2D eigenvalue weighted by Crippen LogP contribution is 2.34. The molecule has 0 aromatic heterocycles. The molecular formula is C24H21N5O7. The molecule has 2 amide bonds. The number of benzene rings is 3. The molecule has 3 aromatic rings. The molecule has 3 aromatic carbocycles. The summed E-state index contributed by atoms with van der Waals surface area (Å²) in [7, 11) is 0. The number of para-hydroxylation sites is 1. The molecule has 0 saturated heterocycles. The lowest BCUT2D eigenvalue weighted by Gasteiger charge is -2.09. The summed E-state index contributed by atoms with van der Waals surface area (Å²) in [5.41, 5.74) is 3.63. The van der Waals surface area contributed by atoms with Crippen molar-refractivity contribution in [3.8, 4) is 11.5 Å². The van der Waals surface area contributed by atoms with E-state index < -0.39 is 33.0 Å². The molecule has 0 atom stereocenters. The first-order valence-corrected chi connectivity index (χ1v) is 10.6. The molecule has 184 valence electrons. The highest BCUT2D eigenvalue weighted by Gasteiger charge is 2.21. The van der Waals surface area contributed by atoms with Gasteiger partial charge in [0.25, 0.3) is 5.69 Å². The summed E-state index contributed by atoms with van der Waals surface area (Å²) in [6.07, 6.45) is 0.687. The lowest BCUT2D eigenvalue weighted by atomic mass is 10.1. The molecule has 0 bridgehead atoms. The Morgan fingerprint density at radius 1 is 0.944 bits per heavy atom. The molecule has 12 nitrogen and oxygen atoms in total. The number of amides is 2. The number of hydrogen-bond acceptors (Lipinski definition) is 8. The summed E-state index contributed by atoms with van der Waals surface area (Å²) in [6, 6.07) is 16.4. The van der Waals surface area contributed by atoms with Crippen molar-refractivity contribution in [1.82, 2.24) is 5.43 Å². The van der Waals surface area contributed by atoms with Crippen LogP contribution >= 0.6 is 0 Å². The number of carbonyl (C=O) groups excluding carboxylic acids is 2. The number of ether oxygens (including phenoxy) is 1. The van der Waals surface area contributed by atoms with Crippen molar-refractivity contribution in [2.45, 2.75) is 20.3 Å². The van der Waals surface area contributed by atoms with Crippen LogP contribution < -0.4 is 15.5 Å². The van der Waals surface area contributed by atoms with Gasteiger partial charge in [0.05, 0.1) is 21.6 Å². The molecule has 3 rings (SSSR count). The monoisotopic (exact) mass is 491 g/mol. The maximum Gasteiger partial charge on any atom is 0.329 e. The van der Waals surface area contributed by atoms with Gasteiger partial charge in [-0.05, 0) is 60.9 Å². The minimum Gasteiger partial charge on any atom is -0.450 e. The Hall–Kier alpha value is -5.13. The van der Waals surface area contributed by atoms with Gasteiger partial charge in [0, 0.05) is 11.8 Å². The number of non-ortho nitro benzene ring substituents is 1. The number of anilines is 1. The van der Waals surface area contributed by atoms with Crippen LogP contribution in [0.1, 0.15) is 25.0 Å². The van der Waals surface area contributed by atoms with Crippen LogP contribution in [-0.4, -0.2) is 27.4 Å². The first kappa shape index (κ1) is 25.5. The third-order valence-corrected chi connectivity index (χ3v) is 5.03. The maximum atomic E-state index is 12.2. The average molecular weight is 491 g/mol. The molecule has 0 aliphatic rings. The zero-order valence-corrected chi connectivity index (χ0v) is 19.3. The summed E-state index contributed by atoms with van der Waals surface area (Å²) >= 11 is 0. The summed E-state index contributed by atoms with van der Waals surface area (Å²) < 4.78 is 5.52. The van der Waals surface area contributed by atoms with Crippen LogP contribution in [0.5, 0.6) is 11.5 Å². The van der Waals surface area contributed by atoms with Crippen LogP contribution in [0.4, 0.5) is 17.1 Å². The fraction of sp³-hybridized carbons (Fsp3) is 0.125. The second-order valence-corrected chi connectivity index (χ2v) is 7.40. The fourth-order valence-electron chi connectivity index (χ4n) is 3.12. The van der Waals surface area contributed by atoms with Crippen molar-refractivity contribution < 1.29 is 24.2 Å². The van der Waals surface area contributed by atoms with Gasteiger partial charge in [0.2, 0.25) is 5.75 Å². The highest BCUT2D eigenvalue weighted by atomic mass is 16.6. The van der Waals surface area contributed by atoms with Gasteiger partial charge >= 0.3 is 17.5 Å². The summed E-state index contributed by atoms with van der Waals surface area (Å²) in [4.78, 5) is 45.0. The maximum absolute atomic E-state index is 12.2. The fourth-order valence-corrected chi connectivity index (χ4v) is 3.12. The largest absolute Gasteiger partial charge is 0.450 e. The molecule has 0 heterocycles. The van der Waals surface area contributed by atoms with Gasteiger partial charge in [-0.1, -0.05) is 25.1 Å². The Balaban J connectivity index is 1.65. The number of rotatable bonds is 8. The number of nitro benzene ring substituents is 2. The number of carbonyl (C=O) groups is 2. The van der Waals surface area contributed by atoms with Gasteiger partial charge in [-0.3, -0.25) is 29.8 Å². The molecule has 12 heteroatoms. The van der Waals surface area contributed by atoms with Crippen LogP contribution in [0.15, 0.2) is 71.8 Å². The molecule has 0 aliphatic heterocycles. The lowest BCUT2D eigenvalue weighted by Crippen LogP contribution is -2.33. The Labute approximate surface area is 204 Å². The van der Waals surface area contributed by atoms with E-state index in [1.54, 1.807) is 31.2 Å². The molecule has 0 aliphatic carbocycles. The van der Waals surface area contributed by atoms with Gasteiger partial charge in [0.15, 0.2) is 0 Å². The van der Waals surface area contributed by atoms with Gasteiger partial charge in [0.1, 0.15) is 5.75 Å². The smallest absolute Gasteiger partial charge is 0.329 e. The Kier molecular flexibility index (Phi) is 8.02. The van der Waals surface area contributed by atoms with Crippen LogP contribution in [0.3, 0.4) is 0 Å². The van der Waals surface area contributed by atoms with Crippen LogP contribution in [0.2, 0.25) is 0 Å². The van der Waals surface area contributed by atoms with Crippen molar-refractivity contribution in [1.29, 1.82) is 0 Å². The summed E-state index contributed by atoms with van der Waals surface area (Å²) in [5, 5.41) is 28.6. The molecule has 0 spiro atoms. The number of nitrogens with zero attached hydrogens (tertiary/aromatic N) is 3. The number of nitro groups is 2. The zero-order valence-electron chi connectivity index (χ0n) is 19.3. The molecule has 36 heavy (non-hydrogen) atoms. The number of aryl methyl sites for hydroxylation is 1. The predicted octanol–water partition coefficient (Wildman–Crippen LogP) is 4.34. The normalized spacial score (nSPS) is 10.9. The van der Waals surface area contributed by atoms with E-state index in [1.165, 1.54) is 12.1 Å². The van der Waals surface area contributed by atoms with Gasteiger partial charge in [-0.2, -0.15) is 5.10 Å². The molecule has 0 radical (unpaired) electrons. The minimum absolute atomic E-state index is 0.160. The van der Waals surface area contributed by atoms with Crippen LogP contribution in [0.25, 0.3) is 0 Å². The van der Waals surface area contributed by atoms with E-state index in [4.69, 9.17) is 4.74 Å². The van der Waals surface area contributed by atoms with E-state index in [0.717, 1.165) is 23.8 Å². The summed E-state index contributed by atoms with van der Waals surface area (Å²) in [6.45, 7) is 3.55. The molecule has 2 N–H and O–H groups in total. The first-order valence-electron chi connectivity index (χ1n) is 10.6. The van der Waals surface area contributed by atoms with E-state index in [0.29, 0.717) is 23.4 Å².